The van der Waals surface area contributed by atoms with E-state index >= 15 is 0 Å². The van der Waals surface area contributed by atoms with Crippen LogP contribution in [0.2, 0.25) is 0 Å². The highest BCUT2D eigenvalue weighted by Gasteiger charge is 2.17. The lowest BCUT2D eigenvalue weighted by atomic mass is 10.1. The first-order chi connectivity index (χ1) is 9.86. The van der Waals surface area contributed by atoms with E-state index in [1.54, 1.807) is 0 Å². The van der Waals surface area contributed by atoms with Gasteiger partial charge in [0, 0.05) is 30.8 Å². The summed E-state index contributed by atoms with van der Waals surface area (Å²) in [6.45, 7) is 4.89. The number of nitro benzene ring substituents is 1. The third-order valence-electron chi connectivity index (χ3n) is 3.26. The SMILES string of the molecule is CCNC(=O)c1ccc([N+](=O)[O-])c(NCC(C)N(C)C)c1. The number of carbonyl (C=O) groups is 1. The predicted octanol–water partition coefficient (Wildman–Crippen LogP) is 1.71. The molecule has 1 rings (SSSR count). The molecule has 0 saturated carbocycles. The quantitative estimate of drug-likeness (QED) is 0.590. The lowest BCUT2D eigenvalue weighted by Crippen LogP contribution is -2.31. The molecule has 0 aliphatic rings. The summed E-state index contributed by atoms with van der Waals surface area (Å²) in [5.74, 6) is -0.240. The van der Waals surface area contributed by atoms with E-state index in [4.69, 9.17) is 0 Å². The summed E-state index contributed by atoms with van der Waals surface area (Å²) in [5, 5.41) is 16.8. The molecule has 7 nitrogen and oxygen atoms in total. The summed E-state index contributed by atoms with van der Waals surface area (Å²) in [7, 11) is 3.87. The molecule has 2 N–H and O–H groups in total. The van der Waals surface area contributed by atoms with Crippen molar-refractivity contribution in [3.63, 3.8) is 0 Å². The van der Waals surface area contributed by atoms with Crippen LogP contribution in [-0.4, -0.2) is 49.0 Å². The maximum absolute atomic E-state index is 11.8. The van der Waals surface area contributed by atoms with Gasteiger partial charge in [-0.1, -0.05) is 0 Å². The van der Waals surface area contributed by atoms with Gasteiger partial charge in [0.15, 0.2) is 0 Å². The van der Waals surface area contributed by atoms with E-state index in [2.05, 4.69) is 10.6 Å². The van der Waals surface area contributed by atoms with Crippen molar-refractivity contribution in [1.29, 1.82) is 0 Å². The topological polar surface area (TPSA) is 87.5 Å². The van der Waals surface area contributed by atoms with Crippen molar-refractivity contribution < 1.29 is 9.72 Å². The Morgan fingerprint density at radius 1 is 1.43 bits per heavy atom. The summed E-state index contributed by atoms with van der Waals surface area (Å²) in [4.78, 5) is 24.4. The highest BCUT2D eigenvalue weighted by atomic mass is 16.6. The molecule has 1 amide bonds. The number of hydrogen-bond donors (Lipinski definition) is 2. The number of nitrogens with zero attached hydrogens (tertiary/aromatic N) is 2. The van der Waals surface area contributed by atoms with Crippen LogP contribution >= 0.6 is 0 Å². The van der Waals surface area contributed by atoms with Crippen LogP contribution in [0.15, 0.2) is 18.2 Å². The number of anilines is 1. The van der Waals surface area contributed by atoms with E-state index in [9.17, 15) is 14.9 Å². The summed E-state index contributed by atoms with van der Waals surface area (Å²) >= 11 is 0. The van der Waals surface area contributed by atoms with E-state index < -0.39 is 4.92 Å². The number of benzene rings is 1. The molecule has 1 atom stereocenters. The summed E-state index contributed by atoms with van der Waals surface area (Å²) < 4.78 is 0. The normalized spacial score (nSPS) is 12.0. The fourth-order valence-corrected chi connectivity index (χ4v) is 1.68. The Balaban J connectivity index is 2.99. The van der Waals surface area contributed by atoms with Crippen LogP contribution in [0.5, 0.6) is 0 Å². The first-order valence-electron chi connectivity index (χ1n) is 6.83. The lowest BCUT2D eigenvalue weighted by molar-refractivity contribution is -0.384. The standard InChI is InChI=1S/C14H22N4O3/c1-5-15-14(19)11-6-7-13(18(20)21)12(8-11)16-9-10(2)17(3)4/h6-8,10,16H,5,9H2,1-4H3,(H,15,19). The third-order valence-corrected chi connectivity index (χ3v) is 3.26. The molecule has 1 aromatic carbocycles. The minimum atomic E-state index is -0.454. The fraction of sp³-hybridized carbons (Fsp3) is 0.500. The minimum Gasteiger partial charge on any atom is -0.378 e. The zero-order valence-electron chi connectivity index (χ0n) is 12.8. The molecule has 1 aromatic rings. The predicted molar refractivity (Wildman–Crippen MR) is 82.7 cm³/mol. The number of likely N-dealkylation sites (N-methyl/N-ethyl adjacent to an activating group) is 1. The molecule has 0 aromatic heterocycles. The molecular formula is C14H22N4O3. The zero-order valence-corrected chi connectivity index (χ0v) is 12.8. The summed E-state index contributed by atoms with van der Waals surface area (Å²) in [5.41, 5.74) is 0.730. The van der Waals surface area contributed by atoms with Crippen LogP contribution < -0.4 is 10.6 Å². The molecular weight excluding hydrogens is 272 g/mol. The van der Waals surface area contributed by atoms with Crippen molar-refractivity contribution in [3.05, 3.63) is 33.9 Å². The highest BCUT2D eigenvalue weighted by molar-refractivity contribution is 5.95. The van der Waals surface area contributed by atoms with Gasteiger partial charge in [-0.05, 0) is 40.1 Å². The molecule has 0 spiro atoms. The Labute approximate surface area is 124 Å². The molecule has 1 unspecified atom stereocenters. The summed E-state index contributed by atoms with van der Waals surface area (Å²) in [6, 6.07) is 4.54. The van der Waals surface area contributed by atoms with Gasteiger partial charge in [-0.3, -0.25) is 14.9 Å². The molecule has 21 heavy (non-hydrogen) atoms. The Bertz CT molecular complexity index is 517. The first-order valence-corrected chi connectivity index (χ1v) is 6.83. The Morgan fingerprint density at radius 3 is 2.62 bits per heavy atom. The highest BCUT2D eigenvalue weighted by Crippen LogP contribution is 2.25. The number of nitrogens with one attached hydrogen (secondary N) is 2. The van der Waals surface area contributed by atoms with Gasteiger partial charge in [-0.2, -0.15) is 0 Å². The second-order valence-electron chi connectivity index (χ2n) is 5.04. The first kappa shape index (κ1) is 16.9. The zero-order chi connectivity index (χ0) is 16.0. The van der Waals surface area contributed by atoms with Crippen molar-refractivity contribution in [1.82, 2.24) is 10.2 Å². The smallest absolute Gasteiger partial charge is 0.292 e. The number of rotatable bonds is 7. The van der Waals surface area contributed by atoms with Crippen molar-refractivity contribution in [2.75, 3.05) is 32.5 Å². The second-order valence-corrected chi connectivity index (χ2v) is 5.04. The van der Waals surface area contributed by atoms with Crippen LogP contribution in [0.3, 0.4) is 0 Å². The van der Waals surface area contributed by atoms with Gasteiger partial charge in [0.2, 0.25) is 0 Å². The Hall–Kier alpha value is -2.15. The maximum atomic E-state index is 11.8. The number of carbonyl (C=O) groups excluding carboxylic acids is 1. The van der Waals surface area contributed by atoms with Gasteiger partial charge < -0.3 is 15.5 Å². The van der Waals surface area contributed by atoms with Gasteiger partial charge in [0.05, 0.1) is 4.92 Å². The molecule has 0 radical (unpaired) electrons. The average molecular weight is 294 g/mol. The van der Waals surface area contributed by atoms with E-state index in [0.29, 0.717) is 24.3 Å². The van der Waals surface area contributed by atoms with E-state index in [1.807, 2.05) is 32.8 Å². The number of nitro groups is 1. The van der Waals surface area contributed by atoms with Crippen LogP contribution in [0, 0.1) is 10.1 Å². The average Bonchev–Trinajstić information content (AvgIpc) is 2.44. The minimum absolute atomic E-state index is 0.0333. The number of amides is 1. The van der Waals surface area contributed by atoms with E-state index in [-0.39, 0.29) is 17.6 Å². The second kappa shape index (κ2) is 7.58. The van der Waals surface area contributed by atoms with Crippen LogP contribution in [0.25, 0.3) is 0 Å². The van der Waals surface area contributed by atoms with Gasteiger partial charge in [0.1, 0.15) is 5.69 Å². The van der Waals surface area contributed by atoms with Gasteiger partial charge in [-0.25, -0.2) is 0 Å². The van der Waals surface area contributed by atoms with Crippen molar-refractivity contribution in [2.24, 2.45) is 0 Å². The van der Waals surface area contributed by atoms with Gasteiger partial charge in [-0.15, -0.1) is 0 Å². The molecule has 7 heteroatoms. The molecule has 0 aliphatic carbocycles. The van der Waals surface area contributed by atoms with Crippen molar-refractivity contribution >= 4 is 17.3 Å². The molecule has 0 saturated heterocycles. The fourth-order valence-electron chi connectivity index (χ4n) is 1.68. The lowest BCUT2D eigenvalue weighted by Gasteiger charge is -2.20. The number of hydrogen-bond acceptors (Lipinski definition) is 5. The van der Waals surface area contributed by atoms with E-state index in [1.165, 1.54) is 18.2 Å². The van der Waals surface area contributed by atoms with Crippen molar-refractivity contribution in [2.45, 2.75) is 19.9 Å². The van der Waals surface area contributed by atoms with Gasteiger partial charge >= 0.3 is 0 Å². The molecule has 0 heterocycles. The Kier molecular flexibility index (Phi) is 6.10. The monoisotopic (exact) mass is 294 g/mol. The van der Waals surface area contributed by atoms with Crippen molar-refractivity contribution in [3.8, 4) is 0 Å². The van der Waals surface area contributed by atoms with Gasteiger partial charge in [0.25, 0.3) is 11.6 Å². The van der Waals surface area contributed by atoms with Crippen LogP contribution in [0.4, 0.5) is 11.4 Å². The molecule has 0 fully saturated rings. The van der Waals surface area contributed by atoms with Crippen LogP contribution in [-0.2, 0) is 0 Å². The van der Waals surface area contributed by atoms with E-state index in [0.717, 1.165) is 0 Å². The Morgan fingerprint density at radius 2 is 2.10 bits per heavy atom. The third kappa shape index (κ3) is 4.71. The largest absolute Gasteiger partial charge is 0.378 e. The maximum Gasteiger partial charge on any atom is 0.292 e. The molecule has 116 valence electrons. The summed E-state index contributed by atoms with van der Waals surface area (Å²) in [6.07, 6.45) is 0. The van der Waals surface area contributed by atoms with Crippen LogP contribution in [0.1, 0.15) is 24.2 Å². The molecule has 0 bridgehead atoms. The molecule has 0 aliphatic heterocycles.